The summed E-state index contributed by atoms with van der Waals surface area (Å²) < 4.78 is 10.2. The zero-order valence-corrected chi connectivity index (χ0v) is 10.9. The van der Waals surface area contributed by atoms with E-state index < -0.39 is 0 Å². The molecule has 0 saturated heterocycles. The molecule has 0 amide bonds. The van der Waals surface area contributed by atoms with Crippen LogP contribution in [0.25, 0.3) is 5.57 Å². The maximum Gasteiger partial charge on any atom is 0.310 e. The van der Waals surface area contributed by atoms with Crippen LogP contribution in [-0.4, -0.2) is 19.7 Å². The molecule has 0 atom stereocenters. The summed E-state index contributed by atoms with van der Waals surface area (Å²) in [5, 5.41) is 0. The molecule has 96 valence electrons. The van der Waals surface area contributed by atoms with E-state index in [-0.39, 0.29) is 5.97 Å². The lowest BCUT2D eigenvalue weighted by Gasteiger charge is -2.18. The lowest BCUT2D eigenvalue weighted by Crippen LogP contribution is -2.08. The van der Waals surface area contributed by atoms with Crippen molar-refractivity contribution in [3.05, 3.63) is 35.4 Å². The molecular weight excluding hydrogens is 228 g/mol. The van der Waals surface area contributed by atoms with Gasteiger partial charge in [-0.05, 0) is 48.6 Å². The summed E-state index contributed by atoms with van der Waals surface area (Å²) in [6.45, 7) is 2.26. The highest BCUT2D eigenvalue weighted by Gasteiger charge is 2.16. The Hall–Kier alpha value is -1.77. The van der Waals surface area contributed by atoms with Crippen molar-refractivity contribution in [3.63, 3.8) is 0 Å². The number of allylic oxidation sites excluding steroid dienone is 1. The Morgan fingerprint density at radius 2 is 2.22 bits per heavy atom. The number of aryl methyl sites for hydroxylation is 1. The van der Waals surface area contributed by atoms with Crippen LogP contribution in [0, 0.1) is 0 Å². The van der Waals surface area contributed by atoms with Crippen LogP contribution < -0.4 is 4.74 Å². The van der Waals surface area contributed by atoms with E-state index in [1.165, 1.54) is 5.56 Å². The van der Waals surface area contributed by atoms with Crippen LogP contribution in [0.15, 0.2) is 24.3 Å². The molecule has 0 bridgehead atoms. The third-order valence-corrected chi connectivity index (χ3v) is 3.10. The van der Waals surface area contributed by atoms with Crippen LogP contribution in [0.5, 0.6) is 5.75 Å². The zero-order valence-electron chi connectivity index (χ0n) is 10.9. The second-order valence-corrected chi connectivity index (χ2v) is 4.27. The third kappa shape index (κ3) is 2.73. The van der Waals surface area contributed by atoms with Crippen molar-refractivity contribution in [1.82, 2.24) is 0 Å². The molecule has 0 N–H and O–H groups in total. The van der Waals surface area contributed by atoms with E-state index >= 15 is 0 Å². The van der Waals surface area contributed by atoms with Crippen LogP contribution in [0.4, 0.5) is 0 Å². The molecule has 3 heteroatoms. The predicted molar refractivity (Wildman–Crippen MR) is 70.5 cm³/mol. The standard InChI is InChI=1S/C15H18O3/c1-3-18-15(16)10-12-6-4-5-11-9-13(17-2)7-8-14(11)12/h6-9H,3-5,10H2,1-2H3. The van der Waals surface area contributed by atoms with Gasteiger partial charge in [-0.1, -0.05) is 12.1 Å². The summed E-state index contributed by atoms with van der Waals surface area (Å²) in [5.74, 6) is 0.707. The van der Waals surface area contributed by atoms with Gasteiger partial charge in [-0.25, -0.2) is 0 Å². The zero-order chi connectivity index (χ0) is 13.0. The normalized spacial score (nSPS) is 13.6. The highest BCUT2D eigenvalue weighted by atomic mass is 16.5. The van der Waals surface area contributed by atoms with E-state index in [1.807, 2.05) is 25.1 Å². The molecule has 0 aromatic heterocycles. The first kappa shape index (κ1) is 12.7. The summed E-state index contributed by atoms with van der Waals surface area (Å²) in [4.78, 5) is 11.6. The molecule has 0 heterocycles. The topological polar surface area (TPSA) is 35.5 Å². The molecule has 3 nitrogen and oxygen atoms in total. The van der Waals surface area contributed by atoms with Crippen molar-refractivity contribution >= 4 is 11.5 Å². The number of carbonyl (C=O) groups is 1. The van der Waals surface area contributed by atoms with Crippen molar-refractivity contribution in [3.8, 4) is 5.75 Å². The Labute approximate surface area is 107 Å². The van der Waals surface area contributed by atoms with E-state index in [0.29, 0.717) is 13.0 Å². The molecule has 0 saturated carbocycles. The largest absolute Gasteiger partial charge is 0.497 e. The number of benzene rings is 1. The summed E-state index contributed by atoms with van der Waals surface area (Å²) in [5.41, 5.74) is 3.46. The lowest BCUT2D eigenvalue weighted by atomic mass is 9.89. The van der Waals surface area contributed by atoms with E-state index in [4.69, 9.17) is 9.47 Å². The predicted octanol–water partition coefficient (Wildman–Crippen LogP) is 2.98. The van der Waals surface area contributed by atoms with Crippen LogP contribution in [0.3, 0.4) is 0 Å². The van der Waals surface area contributed by atoms with E-state index in [9.17, 15) is 4.79 Å². The Morgan fingerprint density at radius 3 is 2.94 bits per heavy atom. The van der Waals surface area contributed by atoms with Gasteiger partial charge in [0.1, 0.15) is 5.75 Å². The van der Waals surface area contributed by atoms with Gasteiger partial charge in [-0.3, -0.25) is 4.79 Å². The molecule has 1 aliphatic rings. The molecule has 0 radical (unpaired) electrons. The third-order valence-electron chi connectivity index (χ3n) is 3.10. The molecule has 1 aromatic rings. The summed E-state index contributed by atoms with van der Waals surface area (Å²) in [6.07, 6.45) is 4.45. The van der Waals surface area contributed by atoms with Crippen LogP contribution in [-0.2, 0) is 16.0 Å². The number of hydrogen-bond donors (Lipinski definition) is 0. The van der Waals surface area contributed by atoms with E-state index in [2.05, 4.69) is 6.08 Å². The monoisotopic (exact) mass is 246 g/mol. The first-order valence-electron chi connectivity index (χ1n) is 6.26. The number of fused-ring (bicyclic) bond motifs is 1. The van der Waals surface area contributed by atoms with Gasteiger partial charge in [0.25, 0.3) is 0 Å². The molecule has 0 unspecified atom stereocenters. The summed E-state index contributed by atoms with van der Waals surface area (Å²) in [7, 11) is 1.67. The minimum atomic E-state index is -0.160. The van der Waals surface area contributed by atoms with Crippen molar-refractivity contribution in [1.29, 1.82) is 0 Å². The van der Waals surface area contributed by atoms with Gasteiger partial charge in [-0.2, -0.15) is 0 Å². The highest BCUT2D eigenvalue weighted by Crippen LogP contribution is 2.31. The van der Waals surface area contributed by atoms with Crippen molar-refractivity contribution in [2.45, 2.75) is 26.2 Å². The van der Waals surface area contributed by atoms with Gasteiger partial charge in [0.05, 0.1) is 20.1 Å². The fourth-order valence-corrected chi connectivity index (χ4v) is 2.26. The van der Waals surface area contributed by atoms with Gasteiger partial charge < -0.3 is 9.47 Å². The number of esters is 1. The van der Waals surface area contributed by atoms with Crippen LogP contribution in [0.1, 0.15) is 30.9 Å². The first-order valence-corrected chi connectivity index (χ1v) is 6.26. The molecular formula is C15H18O3. The van der Waals surface area contributed by atoms with Gasteiger partial charge in [0.15, 0.2) is 0 Å². The first-order chi connectivity index (χ1) is 8.74. The Kier molecular flexibility index (Phi) is 4.03. The summed E-state index contributed by atoms with van der Waals surface area (Å²) in [6, 6.07) is 6.01. The molecule has 2 rings (SSSR count). The molecule has 0 spiro atoms. The second kappa shape index (κ2) is 5.71. The molecule has 1 aliphatic carbocycles. The molecule has 0 fully saturated rings. The number of hydrogen-bond acceptors (Lipinski definition) is 3. The number of carbonyl (C=O) groups excluding carboxylic acids is 1. The van der Waals surface area contributed by atoms with Gasteiger partial charge in [-0.15, -0.1) is 0 Å². The smallest absolute Gasteiger partial charge is 0.310 e. The molecule has 0 aliphatic heterocycles. The minimum absolute atomic E-state index is 0.160. The Morgan fingerprint density at radius 1 is 1.39 bits per heavy atom. The van der Waals surface area contributed by atoms with Gasteiger partial charge in [0, 0.05) is 0 Å². The summed E-state index contributed by atoms with van der Waals surface area (Å²) >= 11 is 0. The Bertz CT molecular complexity index is 475. The van der Waals surface area contributed by atoms with Crippen molar-refractivity contribution in [2.24, 2.45) is 0 Å². The van der Waals surface area contributed by atoms with E-state index in [1.54, 1.807) is 7.11 Å². The highest BCUT2D eigenvalue weighted by molar-refractivity contribution is 5.86. The fourth-order valence-electron chi connectivity index (χ4n) is 2.26. The second-order valence-electron chi connectivity index (χ2n) is 4.27. The quantitative estimate of drug-likeness (QED) is 0.766. The van der Waals surface area contributed by atoms with Crippen molar-refractivity contribution in [2.75, 3.05) is 13.7 Å². The SMILES string of the molecule is CCOC(=O)CC1=CCCc2cc(OC)ccc21. The average molecular weight is 246 g/mol. The fraction of sp³-hybridized carbons (Fsp3) is 0.400. The van der Waals surface area contributed by atoms with Gasteiger partial charge >= 0.3 is 5.97 Å². The molecule has 18 heavy (non-hydrogen) atoms. The van der Waals surface area contributed by atoms with Crippen molar-refractivity contribution < 1.29 is 14.3 Å². The minimum Gasteiger partial charge on any atom is -0.497 e. The van der Waals surface area contributed by atoms with Crippen LogP contribution in [0.2, 0.25) is 0 Å². The number of rotatable bonds is 4. The van der Waals surface area contributed by atoms with E-state index in [0.717, 1.165) is 29.7 Å². The van der Waals surface area contributed by atoms with Crippen LogP contribution >= 0.6 is 0 Å². The number of methoxy groups -OCH3 is 1. The van der Waals surface area contributed by atoms with Gasteiger partial charge in [0.2, 0.25) is 0 Å². The maximum atomic E-state index is 11.6. The lowest BCUT2D eigenvalue weighted by molar-refractivity contribution is -0.141. The maximum absolute atomic E-state index is 11.6. The average Bonchev–Trinajstić information content (AvgIpc) is 2.38. The number of ether oxygens (including phenoxy) is 2. The Balaban J connectivity index is 2.20. The molecule has 1 aromatic carbocycles.